The summed E-state index contributed by atoms with van der Waals surface area (Å²) in [6, 6.07) is 9.43. The summed E-state index contributed by atoms with van der Waals surface area (Å²) in [4.78, 5) is 21.4. The fourth-order valence-electron chi connectivity index (χ4n) is 2.30. The van der Waals surface area contributed by atoms with E-state index < -0.39 is 0 Å². The van der Waals surface area contributed by atoms with Crippen molar-refractivity contribution in [3.63, 3.8) is 0 Å². The largest absolute Gasteiger partial charge is 0.382 e. The van der Waals surface area contributed by atoms with Crippen molar-refractivity contribution in [2.45, 2.75) is 13.8 Å². The third-order valence-electron chi connectivity index (χ3n) is 3.40. The monoisotopic (exact) mass is 324 g/mol. The SMILES string of the molecule is Cc1ccc(C(=O)c2sc(Nc3cccnc3)nc2N)c(C)c1. The molecule has 3 N–H and O–H groups in total. The van der Waals surface area contributed by atoms with Crippen LogP contribution in [-0.4, -0.2) is 15.8 Å². The lowest BCUT2D eigenvalue weighted by atomic mass is 10.0. The highest BCUT2D eigenvalue weighted by molar-refractivity contribution is 7.18. The third-order valence-corrected chi connectivity index (χ3v) is 4.38. The van der Waals surface area contributed by atoms with E-state index >= 15 is 0 Å². The summed E-state index contributed by atoms with van der Waals surface area (Å²) in [5.74, 6) is 0.142. The van der Waals surface area contributed by atoms with E-state index in [1.54, 1.807) is 12.4 Å². The molecule has 5 nitrogen and oxygen atoms in total. The number of benzene rings is 1. The number of rotatable bonds is 4. The van der Waals surface area contributed by atoms with Gasteiger partial charge in [-0.05, 0) is 31.5 Å². The maximum absolute atomic E-state index is 12.7. The standard InChI is InChI=1S/C17H16N4OS/c1-10-5-6-13(11(2)8-10)14(22)15-16(18)21-17(23-15)20-12-4-3-7-19-9-12/h3-9H,18H2,1-2H3,(H,20,21). The van der Waals surface area contributed by atoms with Gasteiger partial charge in [-0.15, -0.1) is 0 Å². The highest BCUT2D eigenvalue weighted by atomic mass is 32.1. The summed E-state index contributed by atoms with van der Waals surface area (Å²) in [6.07, 6.45) is 3.37. The normalized spacial score (nSPS) is 10.5. The second kappa shape index (κ2) is 6.18. The van der Waals surface area contributed by atoms with E-state index in [-0.39, 0.29) is 11.6 Å². The lowest BCUT2D eigenvalue weighted by Crippen LogP contribution is -2.04. The molecule has 3 aromatic rings. The van der Waals surface area contributed by atoms with Gasteiger partial charge in [0.25, 0.3) is 0 Å². The number of carbonyl (C=O) groups excluding carboxylic acids is 1. The molecule has 0 fully saturated rings. The molecule has 0 radical (unpaired) electrons. The Labute approximate surface area is 138 Å². The molecule has 0 spiro atoms. The Kier molecular flexibility index (Phi) is 4.08. The molecular formula is C17H16N4OS. The number of hydrogen-bond donors (Lipinski definition) is 2. The molecule has 0 aliphatic carbocycles. The average Bonchev–Trinajstić information content (AvgIpc) is 2.88. The van der Waals surface area contributed by atoms with Crippen molar-refractivity contribution < 1.29 is 4.79 Å². The first kappa shape index (κ1) is 15.2. The Balaban J connectivity index is 1.90. The van der Waals surface area contributed by atoms with Gasteiger partial charge in [-0.2, -0.15) is 0 Å². The van der Waals surface area contributed by atoms with Crippen LogP contribution in [0.4, 0.5) is 16.6 Å². The number of anilines is 3. The summed E-state index contributed by atoms with van der Waals surface area (Å²) >= 11 is 1.25. The molecule has 0 amide bonds. The molecule has 1 aromatic carbocycles. The van der Waals surface area contributed by atoms with Crippen LogP contribution in [0.25, 0.3) is 0 Å². The van der Waals surface area contributed by atoms with Crippen molar-refractivity contribution in [1.29, 1.82) is 0 Å². The maximum atomic E-state index is 12.7. The molecule has 0 aliphatic rings. The van der Waals surface area contributed by atoms with E-state index in [0.717, 1.165) is 16.8 Å². The molecule has 23 heavy (non-hydrogen) atoms. The summed E-state index contributed by atoms with van der Waals surface area (Å²) < 4.78 is 0. The van der Waals surface area contributed by atoms with E-state index in [1.165, 1.54) is 11.3 Å². The van der Waals surface area contributed by atoms with Gasteiger partial charge in [-0.3, -0.25) is 9.78 Å². The third kappa shape index (κ3) is 3.22. The van der Waals surface area contributed by atoms with Crippen LogP contribution in [0.2, 0.25) is 0 Å². The molecule has 0 saturated carbocycles. The van der Waals surface area contributed by atoms with Crippen molar-refractivity contribution in [3.05, 3.63) is 64.3 Å². The fraction of sp³-hybridized carbons (Fsp3) is 0.118. The Hall–Kier alpha value is -2.73. The number of nitrogen functional groups attached to an aromatic ring is 1. The molecule has 6 heteroatoms. The van der Waals surface area contributed by atoms with E-state index in [4.69, 9.17) is 5.73 Å². The maximum Gasteiger partial charge on any atom is 0.207 e. The molecule has 0 atom stereocenters. The minimum atomic E-state index is -0.100. The van der Waals surface area contributed by atoms with Crippen LogP contribution in [0.15, 0.2) is 42.7 Å². The van der Waals surface area contributed by atoms with Crippen LogP contribution in [0, 0.1) is 13.8 Å². The van der Waals surface area contributed by atoms with Gasteiger partial charge in [0.15, 0.2) is 5.13 Å². The minimum absolute atomic E-state index is 0.100. The number of carbonyl (C=O) groups is 1. The number of thiazole rings is 1. The molecule has 0 bridgehead atoms. The van der Waals surface area contributed by atoms with Crippen molar-refractivity contribution in [2.24, 2.45) is 0 Å². The second-order valence-corrected chi connectivity index (χ2v) is 6.25. The molecule has 116 valence electrons. The zero-order valence-electron chi connectivity index (χ0n) is 12.8. The van der Waals surface area contributed by atoms with Crippen molar-refractivity contribution >= 4 is 33.8 Å². The van der Waals surface area contributed by atoms with E-state index in [2.05, 4.69) is 15.3 Å². The number of nitrogens with zero attached hydrogens (tertiary/aromatic N) is 2. The Bertz CT molecular complexity index is 858. The first-order valence-corrected chi connectivity index (χ1v) is 7.91. The Morgan fingerprint density at radius 2 is 2.09 bits per heavy atom. The molecule has 2 heterocycles. The van der Waals surface area contributed by atoms with Crippen LogP contribution < -0.4 is 11.1 Å². The fourth-order valence-corrected chi connectivity index (χ4v) is 3.16. The number of nitrogens with two attached hydrogens (primary N) is 1. The summed E-state index contributed by atoms with van der Waals surface area (Å²) in [5.41, 5.74) is 9.44. The summed E-state index contributed by atoms with van der Waals surface area (Å²) in [5, 5.41) is 3.68. The topological polar surface area (TPSA) is 80.9 Å². The van der Waals surface area contributed by atoms with Gasteiger partial charge in [-0.25, -0.2) is 4.98 Å². The highest BCUT2D eigenvalue weighted by Crippen LogP contribution is 2.30. The molecular weight excluding hydrogens is 308 g/mol. The van der Waals surface area contributed by atoms with Crippen LogP contribution in [-0.2, 0) is 0 Å². The number of hydrogen-bond acceptors (Lipinski definition) is 6. The van der Waals surface area contributed by atoms with Gasteiger partial charge >= 0.3 is 0 Å². The van der Waals surface area contributed by atoms with Crippen molar-refractivity contribution in [1.82, 2.24) is 9.97 Å². The zero-order chi connectivity index (χ0) is 16.4. The smallest absolute Gasteiger partial charge is 0.207 e. The van der Waals surface area contributed by atoms with Gasteiger partial charge in [0.05, 0.1) is 11.9 Å². The number of aromatic nitrogens is 2. The van der Waals surface area contributed by atoms with E-state index in [1.807, 2.05) is 44.2 Å². The predicted molar refractivity (Wildman–Crippen MR) is 93.4 cm³/mol. The number of nitrogens with one attached hydrogen (secondary N) is 1. The minimum Gasteiger partial charge on any atom is -0.382 e. The summed E-state index contributed by atoms with van der Waals surface area (Å²) in [7, 11) is 0. The van der Waals surface area contributed by atoms with Crippen LogP contribution >= 0.6 is 11.3 Å². The molecule has 3 rings (SSSR count). The highest BCUT2D eigenvalue weighted by Gasteiger charge is 2.19. The van der Waals surface area contributed by atoms with Crippen LogP contribution in [0.3, 0.4) is 0 Å². The van der Waals surface area contributed by atoms with Crippen LogP contribution in [0.1, 0.15) is 26.4 Å². The van der Waals surface area contributed by atoms with E-state index in [0.29, 0.717) is 15.6 Å². The van der Waals surface area contributed by atoms with Gasteiger partial charge in [0, 0.05) is 11.8 Å². The van der Waals surface area contributed by atoms with Gasteiger partial charge in [0.1, 0.15) is 10.7 Å². The van der Waals surface area contributed by atoms with Gasteiger partial charge in [-0.1, -0.05) is 35.1 Å². The molecule has 2 aromatic heterocycles. The molecule has 0 unspecified atom stereocenters. The quantitative estimate of drug-likeness (QED) is 0.715. The second-order valence-electron chi connectivity index (χ2n) is 5.25. The number of ketones is 1. The Morgan fingerprint density at radius 1 is 1.26 bits per heavy atom. The molecule has 0 saturated heterocycles. The lowest BCUT2D eigenvalue weighted by Gasteiger charge is -2.04. The van der Waals surface area contributed by atoms with Crippen LogP contribution in [0.5, 0.6) is 0 Å². The first-order chi connectivity index (χ1) is 11.0. The summed E-state index contributed by atoms with van der Waals surface area (Å²) in [6.45, 7) is 3.92. The lowest BCUT2D eigenvalue weighted by molar-refractivity contribution is 0.104. The van der Waals surface area contributed by atoms with Crippen molar-refractivity contribution in [3.8, 4) is 0 Å². The van der Waals surface area contributed by atoms with Gasteiger partial charge in [0.2, 0.25) is 5.78 Å². The first-order valence-electron chi connectivity index (χ1n) is 7.10. The number of pyridine rings is 1. The van der Waals surface area contributed by atoms with E-state index in [9.17, 15) is 4.79 Å². The molecule has 0 aliphatic heterocycles. The number of aryl methyl sites for hydroxylation is 2. The van der Waals surface area contributed by atoms with Crippen molar-refractivity contribution in [2.75, 3.05) is 11.1 Å². The zero-order valence-corrected chi connectivity index (χ0v) is 13.6. The van der Waals surface area contributed by atoms with Gasteiger partial charge < -0.3 is 11.1 Å². The predicted octanol–water partition coefficient (Wildman–Crippen LogP) is 3.71. The Morgan fingerprint density at radius 3 is 2.78 bits per heavy atom. The average molecular weight is 324 g/mol.